The van der Waals surface area contributed by atoms with Gasteiger partial charge in [-0.2, -0.15) is 0 Å². The van der Waals surface area contributed by atoms with Crippen LogP contribution in [-0.2, 0) is 16.2 Å². The third kappa shape index (κ3) is 6.29. The molecule has 0 saturated carbocycles. The SMILES string of the molecule is CC1(C)c2ccccc2-c2ccc(-c3c4ccc(N5c6ccccc6C(C)(C)c6ccccc65)cc4c(-c4ccc(-c5ccccc5)cc4)c4ccc(N5c6ccccc6C(C)(C)c6ccccc65)cc34)cc21. The summed E-state index contributed by atoms with van der Waals surface area (Å²) in [5.41, 5.74) is 24.7. The lowest BCUT2D eigenvalue weighted by Crippen LogP contribution is -2.30. The maximum atomic E-state index is 2.52. The summed E-state index contributed by atoms with van der Waals surface area (Å²) in [6.07, 6.45) is 0. The number of nitrogens with zero attached hydrogens (tertiary/aromatic N) is 2. The van der Waals surface area contributed by atoms with Crippen LogP contribution in [0.3, 0.4) is 0 Å². The van der Waals surface area contributed by atoms with Gasteiger partial charge >= 0.3 is 0 Å². The molecule has 0 bridgehead atoms. The van der Waals surface area contributed by atoms with Crippen molar-refractivity contribution in [1.82, 2.24) is 0 Å². The Morgan fingerprint density at radius 2 is 0.603 bits per heavy atom. The molecular formula is C71H56N2. The maximum absolute atomic E-state index is 2.52. The highest BCUT2D eigenvalue weighted by Gasteiger charge is 2.39. The molecule has 0 aromatic heterocycles. The predicted octanol–water partition coefficient (Wildman–Crippen LogP) is 19.5. The van der Waals surface area contributed by atoms with Gasteiger partial charge in [-0.05, 0) is 154 Å². The van der Waals surface area contributed by atoms with Gasteiger partial charge in [0.15, 0.2) is 0 Å². The van der Waals surface area contributed by atoms with Crippen LogP contribution in [0.25, 0.3) is 66.1 Å². The smallest absolute Gasteiger partial charge is 0.0502 e. The molecule has 0 atom stereocenters. The third-order valence-corrected chi connectivity index (χ3v) is 17.0. The van der Waals surface area contributed by atoms with E-state index < -0.39 is 0 Å². The first-order valence-electron chi connectivity index (χ1n) is 25.9. The lowest BCUT2D eigenvalue weighted by molar-refractivity contribution is 0.632. The van der Waals surface area contributed by atoms with E-state index in [9.17, 15) is 0 Å². The molecule has 73 heavy (non-hydrogen) atoms. The Balaban J connectivity index is 1.09. The second-order valence-corrected chi connectivity index (χ2v) is 22.1. The van der Waals surface area contributed by atoms with E-state index in [1.54, 1.807) is 0 Å². The number of rotatable bonds is 5. The third-order valence-electron chi connectivity index (χ3n) is 17.0. The lowest BCUT2D eigenvalue weighted by atomic mass is 9.73. The first-order valence-corrected chi connectivity index (χ1v) is 25.9. The molecule has 0 N–H and O–H groups in total. The second-order valence-electron chi connectivity index (χ2n) is 22.1. The van der Waals surface area contributed by atoms with Crippen molar-refractivity contribution in [2.45, 2.75) is 57.8 Å². The van der Waals surface area contributed by atoms with Gasteiger partial charge in [-0.1, -0.05) is 217 Å². The van der Waals surface area contributed by atoms with Crippen LogP contribution in [0.5, 0.6) is 0 Å². The summed E-state index contributed by atoms with van der Waals surface area (Å²) < 4.78 is 0. The molecule has 2 heterocycles. The predicted molar refractivity (Wildman–Crippen MR) is 309 cm³/mol. The molecule has 0 fully saturated rings. The van der Waals surface area contributed by atoms with E-state index in [4.69, 9.17) is 0 Å². The average molecular weight is 937 g/mol. The van der Waals surface area contributed by atoms with Gasteiger partial charge in [0.25, 0.3) is 0 Å². The van der Waals surface area contributed by atoms with E-state index in [1.807, 2.05) is 0 Å². The molecule has 0 unspecified atom stereocenters. The lowest BCUT2D eigenvalue weighted by Gasteiger charge is -2.42. The van der Waals surface area contributed by atoms with Crippen LogP contribution in [0.1, 0.15) is 74.9 Å². The van der Waals surface area contributed by atoms with Crippen LogP contribution in [0.2, 0.25) is 0 Å². The van der Waals surface area contributed by atoms with Crippen LogP contribution in [-0.4, -0.2) is 0 Å². The molecule has 350 valence electrons. The van der Waals surface area contributed by atoms with Crippen molar-refractivity contribution in [3.05, 3.63) is 264 Å². The van der Waals surface area contributed by atoms with E-state index in [-0.39, 0.29) is 16.2 Å². The van der Waals surface area contributed by atoms with E-state index in [2.05, 4.69) is 282 Å². The standard InChI is InChI=1S/C71H56N2/c1-69(2)57-23-11-10-22-51(57)52-39-36-48(42-62(52)69)68-54-41-38-49(72-63-28-16-12-24-58(63)70(3,4)59-25-13-17-29-64(59)72)43-55(54)67(47-34-32-46(33-35-47)45-20-8-7-9-21-45)53-40-37-50(44-56(53)68)73-65-30-18-14-26-60(65)71(5,6)61-27-15-19-31-66(61)73/h7-44H,1-6H3. The van der Waals surface area contributed by atoms with Crippen LogP contribution in [0.15, 0.2) is 231 Å². The van der Waals surface area contributed by atoms with Crippen molar-refractivity contribution in [3.8, 4) is 44.5 Å². The van der Waals surface area contributed by atoms with Crippen molar-refractivity contribution >= 4 is 55.7 Å². The summed E-state index contributed by atoms with van der Waals surface area (Å²) >= 11 is 0. The molecule has 11 aromatic rings. The van der Waals surface area contributed by atoms with Crippen molar-refractivity contribution in [3.63, 3.8) is 0 Å². The van der Waals surface area contributed by atoms with Gasteiger partial charge in [-0.15, -0.1) is 0 Å². The second kappa shape index (κ2) is 15.8. The largest absolute Gasteiger partial charge is 0.310 e. The minimum Gasteiger partial charge on any atom is -0.310 e. The molecule has 11 aromatic carbocycles. The molecule has 2 aliphatic heterocycles. The van der Waals surface area contributed by atoms with Gasteiger partial charge in [0.05, 0.1) is 22.7 Å². The Morgan fingerprint density at radius 3 is 1.10 bits per heavy atom. The molecule has 14 rings (SSSR count). The number of anilines is 6. The number of fused-ring (bicyclic) bond motifs is 9. The first-order chi connectivity index (χ1) is 35.5. The highest BCUT2D eigenvalue weighted by Crippen LogP contribution is 2.57. The van der Waals surface area contributed by atoms with Gasteiger partial charge in [-0.25, -0.2) is 0 Å². The van der Waals surface area contributed by atoms with Crippen molar-refractivity contribution < 1.29 is 0 Å². The summed E-state index contributed by atoms with van der Waals surface area (Å²) in [5, 5.41) is 4.89. The van der Waals surface area contributed by atoms with Gasteiger partial charge < -0.3 is 9.80 Å². The molecule has 3 aliphatic rings. The molecule has 2 nitrogen and oxygen atoms in total. The van der Waals surface area contributed by atoms with Gasteiger partial charge in [-0.3, -0.25) is 0 Å². The molecular weight excluding hydrogens is 881 g/mol. The summed E-state index contributed by atoms with van der Waals surface area (Å²) in [6, 6.07) is 86.9. The Kier molecular flexibility index (Phi) is 9.36. The molecule has 2 heteroatoms. The zero-order valence-electron chi connectivity index (χ0n) is 42.3. The maximum Gasteiger partial charge on any atom is 0.0502 e. The summed E-state index contributed by atoms with van der Waals surface area (Å²) in [5.74, 6) is 0. The van der Waals surface area contributed by atoms with E-state index in [0.717, 1.165) is 11.4 Å². The fraction of sp³-hybridized carbons (Fsp3) is 0.127. The Bertz CT molecular complexity index is 3960. The Morgan fingerprint density at radius 1 is 0.247 bits per heavy atom. The van der Waals surface area contributed by atoms with E-state index in [0.29, 0.717) is 0 Å². The topological polar surface area (TPSA) is 6.48 Å². The normalized spacial score (nSPS) is 15.3. The zero-order valence-corrected chi connectivity index (χ0v) is 42.3. The van der Waals surface area contributed by atoms with Gasteiger partial charge in [0.1, 0.15) is 0 Å². The van der Waals surface area contributed by atoms with Crippen LogP contribution >= 0.6 is 0 Å². The Labute approximate surface area is 429 Å². The molecule has 0 radical (unpaired) electrons. The first kappa shape index (κ1) is 43.3. The molecule has 0 amide bonds. The average Bonchev–Trinajstić information content (AvgIpc) is 3.65. The van der Waals surface area contributed by atoms with Crippen molar-refractivity contribution in [2.75, 3.05) is 9.80 Å². The number of hydrogen-bond donors (Lipinski definition) is 0. The highest BCUT2D eigenvalue weighted by molar-refractivity contribution is 6.23. The summed E-state index contributed by atoms with van der Waals surface area (Å²) in [6.45, 7) is 14.3. The molecule has 0 saturated heterocycles. The van der Waals surface area contributed by atoms with Gasteiger partial charge in [0.2, 0.25) is 0 Å². The summed E-state index contributed by atoms with van der Waals surface area (Å²) in [7, 11) is 0. The summed E-state index contributed by atoms with van der Waals surface area (Å²) in [4.78, 5) is 5.02. The number of hydrogen-bond acceptors (Lipinski definition) is 2. The highest BCUT2D eigenvalue weighted by atomic mass is 15.2. The quantitative estimate of drug-likeness (QED) is 0.159. The zero-order chi connectivity index (χ0) is 49.4. The van der Waals surface area contributed by atoms with Crippen molar-refractivity contribution in [1.29, 1.82) is 0 Å². The monoisotopic (exact) mass is 936 g/mol. The minimum absolute atomic E-state index is 0.164. The van der Waals surface area contributed by atoms with E-state index >= 15 is 0 Å². The number of para-hydroxylation sites is 4. The number of benzene rings is 11. The van der Waals surface area contributed by atoms with Crippen LogP contribution in [0, 0.1) is 0 Å². The van der Waals surface area contributed by atoms with Crippen molar-refractivity contribution in [2.24, 2.45) is 0 Å². The fourth-order valence-electron chi connectivity index (χ4n) is 13.3. The molecule has 1 aliphatic carbocycles. The fourth-order valence-corrected chi connectivity index (χ4v) is 13.3. The van der Waals surface area contributed by atoms with Gasteiger partial charge in [0, 0.05) is 27.6 Å². The Hall–Kier alpha value is -8.46. The minimum atomic E-state index is -0.168. The van der Waals surface area contributed by atoms with Crippen LogP contribution < -0.4 is 9.80 Å². The van der Waals surface area contributed by atoms with E-state index in [1.165, 1.54) is 122 Å². The molecule has 0 spiro atoms. The van der Waals surface area contributed by atoms with Crippen LogP contribution in [0.4, 0.5) is 34.1 Å².